The topological polar surface area (TPSA) is 149 Å². The summed E-state index contributed by atoms with van der Waals surface area (Å²) in [7, 11) is 0. The maximum atomic E-state index is 10.0. The Kier molecular flexibility index (Phi) is 9.60. The lowest BCUT2D eigenvalue weighted by Crippen LogP contribution is -2.02. The highest BCUT2D eigenvalue weighted by Crippen LogP contribution is 2.17. The van der Waals surface area contributed by atoms with Gasteiger partial charge in [0.05, 0.1) is 0 Å². The fourth-order valence-electron chi connectivity index (χ4n) is 0.435. The number of carboxylic acids is 4. The third kappa shape index (κ3) is 9.97. The zero-order valence-corrected chi connectivity index (χ0v) is 12.4. The first kappa shape index (κ1) is 19.7. The second-order valence-corrected chi connectivity index (χ2v) is 4.30. The molecule has 0 aromatic heterocycles. The van der Waals surface area contributed by atoms with Crippen molar-refractivity contribution in [3.8, 4) is 0 Å². The van der Waals surface area contributed by atoms with Gasteiger partial charge in [-0.1, -0.05) is 0 Å². The highest BCUT2D eigenvalue weighted by atomic mass is 79.9. The van der Waals surface area contributed by atoms with Crippen molar-refractivity contribution in [2.75, 3.05) is 0 Å². The summed E-state index contributed by atoms with van der Waals surface area (Å²) in [5.74, 6) is -5.10. The van der Waals surface area contributed by atoms with Crippen molar-refractivity contribution in [1.82, 2.24) is 0 Å². The summed E-state index contributed by atoms with van der Waals surface area (Å²) in [6.45, 7) is 1.22. The first-order chi connectivity index (χ1) is 8.50. The van der Waals surface area contributed by atoms with E-state index in [2.05, 4.69) is 31.9 Å². The maximum absolute atomic E-state index is 10.0. The Morgan fingerprint density at radius 3 is 1.21 bits per heavy atom. The van der Waals surface area contributed by atoms with E-state index in [1.807, 2.05) is 0 Å². The van der Waals surface area contributed by atoms with Crippen LogP contribution in [0.25, 0.3) is 0 Å². The van der Waals surface area contributed by atoms with Crippen molar-refractivity contribution in [2.24, 2.45) is 0 Å². The van der Waals surface area contributed by atoms with Crippen LogP contribution < -0.4 is 0 Å². The molecule has 19 heavy (non-hydrogen) atoms. The van der Waals surface area contributed by atoms with Gasteiger partial charge in [-0.25, -0.2) is 19.2 Å². The Labute approximate surface area is 123 Å². The van der Waals surface area contributed by atoms with Crippen molar-refractivity contribution in [3.63, 3.8) is 0 Å². The molecule has 0 saturated heterocycles. The van der Waals surface area contributed by atoms with Crippen molar-refractivity contribution in [1.29, 1.82) is 0 Å². The molecule has 0 heterocycles. The van der Waals surface area contributed by atoms with Crippen molar-refractivity contribution >= 4 is 55.7 Å². The van der Waals surface area contributed by atoms with Crippen LogP contribution in [-0.2, 0) is 19.2 Å². The highest BCUT2D eigenvalue weighted by molar-refractivity contribution is 9.14. The molecule has 0 atom stereocenters. The van der Waals surface area contributed by atoms with Crippen LogP contribution in [0.15, 0.2) is 20.6 Å². The van der Waals surface area contributed by atoms with Gasteiger partial charge >= 0.3 is 23.9 Å². The number of carboxylic acid groups (broad SMARTS) is 4. The van der Waals surface area contributed by atoms with Crippen LogP contribution in [0.2, 0.25) is 0 Å². The molecule has 106 valence electrons. The maximum Gasteiger partial charge on any atom is 0.344 e. The lowest BCUT2D eigenvalue weighted by molar-refractivity contribution is -0.135. The molecule has 0 aromatic rings. The average molecular weight is 404 g/mol. The SMILES string of the molecule is CC(=CC(=O)O)C(=O)O.O=C(O)/C(Br)=C(/Br)C(=O)O. The number of halogens is 2. The van der Waals surface area contributed by atoms with Gasteiger partial charge in [0.2, 0.25) is 0 Å². The van der Waals surface area contributed by atoms with E-state index in [0.29, 0.717) is 6.08 Å². The molecule has 8 nitrogen and oxygen atoms in total. The van der Waals surface area contributed by atoms with Gasteiger partial charge in [-0.3, -0.25) is 0 Å². The van der Waals surface area contributed by atoms with E-state index in [9.17, 15) is 19.2 Å². The first-order valence-corrected chi connectivity index (χ1v) is 5.75. The lowest BCUT2D eigenvalue weighted by Gasteiger charge is -1.91. The monoisotopic (exact) mass is 402 g/mol. The van der Waals surface area contributed by atoms with Crippen LogP contribution in [-0.4, -0.2) is 44.3 Å². The molecule has 10 heteroatoms. The Balaban J connectivity index is 0. The fraction of sp³-hybridized carbons (Fsp3) is 0.111. The Bertz CT molecular complexity index is 441. The molecular weight excluding hydrogens is 396 g/mol. The third-order valence-corrected chi connectivity index (χ3v) is 3.25. The molecule has 0 aliphatic rings. The molecule has 0 spiro atoms. The molecule has 0 radical (unpaired) electrons. The second kappa shape index (κ2) is 9.28. The summed E-state index contributed by atoms with van der Waals surface area (Å²) in [5.41, 5.74) is -0.178. The zero-order valence-electron chi connectivity index (χ0n) is 9.26. The second-order valence-electron chi connectivity index (χ2n) is 2.71. The van der Waals surface area contributed by atoms with E-state index in [-0.39, 0.29) is 5.57 Å². The average Bonchev–Trinajstić information content (AvgIpc) is 2.26. The van der Waals surface area contributed by atoms with Crippen molar-refractivity contribution in [3.05, 3.63) is 20.6 Å². The summed E-state index contributed by atoms with van der Waals surface area (Å²) in [4.78, 5) is 39.8. The molecule has 0 aliphatic heterocycles. The molecular formula is C9H8Br2O8. The molecule has 0 fully saturated rings. The molecule has 0 unspecified atom stereocenters. The highest BCUT2D eigenvalue weighted by Gasteiger charge is 2.14. The minimum atomic E-state index is -1.32. The van der Waals surface area contributed by atoms with Gasteiger partial charge in [0.1, 0.15) is 8.96 Å². The van der Waals surface area contributed by atoms with E-state index in [0.717, 1.165) is 0 Å². The summed E-state index contributed by atoms with van der Waals surface area (Å²) >= 11 is 5.12. The predicted molar refractivity (Wildman–Crippen MR) is 69.2 cm³/mol. The summed E-state index contributed by atoms with van der Waals surface area (Å²) in [6.07, 6.45) is 0.641. The van der Waals surface area contributed by atoms with E-state index < -0.39 is 32.8 Å². The molecule has 0 aliphatic carbocycles. The summed E-state index contributed by atoms with van der Waals surface area (Å²) in [6, 6.07) is 0. The van der Waals surface area contributed by atoms with E-state index >= 15 is 0 Å². The van der Waals surface area contributed by atoms with Crippen LogP contribution in [0, 0.1) is 0 Å². The van der Waals surface area contributed by atoms with Gasteiger partial charge in [-0.2, -0.15) is 0 Å². The van der Waals surface area contributed by atoms with Crippen LogP contribution >= 0.6 is 31.9 Å². The standard InChI is InChI=1S/C5H6O4.C4H2Br2O4/c1-3(5(8)9)2-4(6)7;5-1(3(7)8)2(6)4(9)10/h2H,1H3,(H,6,7)(H,8,9);(H,7,8)(H,9,10)/b;2-1-. The van der Waals surface area contributed by atoms with Crippen LogP contribution in [0.4, 0.5) is 0 Å². The molecule has 0 aromatic carbocycles. The predicted octanol–water partition coefficient (Wildman–Crippen LogP) is 1.26. The minimum absolute atomic E-state index is 0.178. The fourth-order valence-corrected chi connectivity index (χ4v) is 0.774. The van der Waals surface area contributed by atoms with Gasteiger partial charge in [0, 0.05) is 11.6 Å². The van der Waals surface area contributed by atoms with Gasteiger partial charge in [-0.15, -0.1) is 0 Å². The summed E-state index contributed by atoms with van der Waals surface area (Å²) in [5, 5.41) is 32.5. The normalized spacial score (nSPS) is 11.6. The molecule has 0 amide bonds. The summed E-state index contributed by atoms with van der Waals surface area (Å²) < 4.78 is -0.806. The number of rotatable bonds is 4. The number of hydrogen-bond donors (Lipinski definition) is 4. The van der Waals surface area contributed by atoms with Crippen LogP contribution in [0.3, 0.4) is 0 Å². The van der Waals surface area contributed by atoms with Gasteiger partial charge in [0.15, 0.2) is 0 Å². The Hall–Kier alpha value is -1.68. The molecule has 0 bridgehead atoms. The lowest BCUT2D eigenvalue weighted by atomic mass is 10.3. The van der Waals surface area contributed by atoms with Crippen LogP contribution in [0.5, 0.6) is 0 Å². The smallest absolute Gasteiger partial charge is 0.344 e. The zero-order chi connectivity index (χ0) is 15.7. The van der Waals surface area contributed by atoms with E-state index in [1.54, 1.807) is 0 Å². The number of carbonyl (C=O) groups is 4. The molecule has 4 N–H and O–H groups in total. The van der Waals surface area contributed by atoms with Gasteiger partial charge < -0.3 is 20.4 Å². The van der Waals surface area contributed by atoms with E-state index in [1.165, 1.54) is 6.92 Å². The van der Waals surface area contributed by atoms with E-state index in [4.69, 9.17) is 20.4 Å². The molecule has 0 rings (SSSR count). The van der Waals surface area contributed by atoms with Gasteiger partial charge in [-0.05, 0) is 38.8 Å². The minimum Gasteiger partial charge on any atom is -0.478 e. The first-order valence-electron chi connectivity index (χ1n) is 4.17. The van der Waals surface area contributed by atoms with Crippen molar-refractivity contribution < 1.29 is 39.6 Å². The number of hydrogen-bond acceptors (Lipinski definition) is 4. The Morgan fingerprint density at radius 2 is 1.11 bits per heavy atom. The largest absolute Gasteiger partial charge is 0.478 e. The quantitative estimate of drug-likeness (QED) is 0.512. The molecule has 0 saturated carbocycles. The van der Waals surface area contributed by atoms with Crippen LogP contribution in [0.1, 0.15) is 6.92 Å². The Morgan fingerprint density at radius 1 is 0.789 bits per heavy atom. The van der Waals surface area contributed by atoms with Crippen molar-refractivity contribution in [2.45, 2.75) is 6.92 Å². The number of aliphatic carboxylic acids is 4. The third-order valence-electron chi connectivity index (χ3n) is 1.25. The van der Waals surface area contributed by atoms with Gasteiger partial charge in [0.25, 0.3) is 0 Å².